The van der Waals surface area contributed by atoms with E-state index in [1.54, 1.807) is 72.8 Å². The van der Waals surface area contributed by atoms with Crippen LogP contribution in [0.2, 0.25) is 0 Å². The van der Waals surface area contributed by atoms with Gasteiger partial charge in [0.1, 0.15) is 12.3 Å². The van der Waals surface area contributed by atoms with E-state index >= 15 is 0 Å². The average molecular weight is 1450 g/mol. The zero-order valence-electron chi connectivity index (χ0n) is 58.9. The monoisotopic (exact) mass is 1450 g/mol. The van der Waals surface area contributed by atoms with Gasteiger partial charge < -0.3 is 84.3 Å². The first-order chi connectivity index (χ1) is 46.8. The Morgan fingerprint density at radius 2 is 0.772 bits per heavy atom. The number of nitrogens with two attached hydrogens (primary N) is 4. The van der Waals surface area contributed by atoms with Crippen LogP contribution in [-0.4, -0.2) is 195 Å². The maximum absolute atomic E-state index is 13.3. The van der Waals surface area contributed by atoms with Crippen molar-refractivity contribution in [2.45, 2.75) is 52.6 Å². The van der Waals surface area contributed by atoms with Crippen molar-refractivity contribution in [1.29, 1.82) is 0 Å². The van der Waals surface area contributed by atoms with Crippen LogP contribution >= 0.6 is 0 Å². The van der Waals surface area contributed by atoms with E-state index in [0.29, 0.717) is 98.5 Å². The maximum Gasteiger partial charge on any atom is 0.217 e. The Hall–Kier alpha value is -9.33. The molecule has 0 atom stereocenters. The van der Waals surface area contributed by atoms with Gasteiger partial charge >= 0.3 is 0 Å². The largest absolute Gasteiger partial charge is 1.00 e. The molecule has 0 spiro atoms. The first-order valence-electron chi connectivity index (χ1n) is 32.2. The molecule has 0 amide bonds. The van der Waals surface area contributed by atoms with Gasteiger partial charge in [0, 0.05) is 113 Å². The third-order valence-electron chi connectivity index (χ3n) is 16.7. The van der Waals surface area contributed by atoms with Crippen LogP contribution in [0, 0.1) is 0 Å². The number of quaternary nitrogens is 3. The van der Waals surface area contributed by atoms with E-state index in [9.17, 15) is 59.8 Å². The van der Waals surface area contributed by atoms with Crippen molar-refractivity contribution in [2.75, 3.05) is 154 Å². The van der Waals surface area contributed by atoms with Gasteiger partial charge in [-0.15, -0.1) is 0 Å². The lowest BCUT2D eigenvalue weighted by Crippen LogP contribution is -3.00. The van der Waals surface area contributed by atoms with Gasteiger partial charge in [-0.1, -0.05) is 66.7 Å². The fourth-order valence-electron chi connectivity index (χ4n) is 11.5. The number of hydrogen-bond donors (Lipinski definition) is 9. The summed E-state index contributed by atoms with van der Waals surface area (Å²) < 4.78 is 64.7. The molecule has 7 aromatic rings. The Labute approximate surface area is 597 Å². The van der Waals surface area contributed by atoms with Crippen molar-refractivity contribution >= 4 is 101 Å². The molecule has 544 valence electrons. The van der Waals surface area contributed by atoms with Crippen LogP contribution in [-0.2, 0) is 35.7 Å². The Morgan fingerprint density at radius 3 is 1.18 bits per heavy atom. The number of hydrogen-bond acceptors (Lipinski definition) is 23. The van der Waals surface area contributed by atoms with E-state index in [4.69, 9.17) is 22.9 Å². The van der Waals surface area contributed by atoms with Gasteiger partial charge in [0.25, 0.3) is 0 Å². The minimum atomic E-state index is -4.41. The van der Waals surface area contributed by atoms with Crippen LogP contribution in [0.25, 0.3) is 0 Å². The summed E-state index contributed by atoms with van der Waals surface area (Å²) in [6.45, 7) is 13.2. The number of halogens is 1. The van der Waals surface area contributed by atoms with Gasteiger partial charge in [0.15, 0.2) is 34.7 Å². The van der Waals surface area contributed by atoms with Gasteiger partial charge in [-0.2, -0.15) is 0 Å². The number of phenolic OH excluding ortho intramolecular Hbond substituents is 1. The van der Waals surface area contributed by atoms with Crippen LogP contribution in [0.5, 0.6) is 5.75 Å². The third-order valence-corrected chi connectivity index (χ3v) is 17.5. The SMILES string of the molecule is CC(C)Nc1ccc(NCCC[N+](C)(C)C)c2c1C(=O)c1cccc(O)c1C2=O.CC[N+](C)(C)CCCNc1ccc(N)c2c1C(=O)c1c(N)cccc1C2=O.COS(=O)(=O)[O-].COS(=O)(=O)[O-].C[N+](C)(CCCNc1ccc(N)c2c1C(=O)c1c(N)cccc1C2=O)Cc1ccccc1.[Cl-]. The first kappa shape index (κ1) is 82.3. The van der Waals surface area contributed by atoms with Gasteiger partial charge in [-0.05, 0) is 75.4 Å². The number of carbonyl (C=O) groups is 6. The number of aromatic hydroxyl groups is 1. The summed E-state index contributed by atoms with van der Waals surface area (Å²) in [5.74, 6) is -1.76. The zero-order chi connectivity index (χ0) is 74.4. The van der Waals surface area contributed by atoms with Gasteiger partial charge in [0.05, 0.1) is 140 Å². The molecule has 0 aliphatic heterocycles. The van der Waals surface area contributed by atoms with E-state index in [0.717, 1.165) is 79.7 Å². The lowest BCUT2D eigenvalue weighted by atomic mass is 9.81. The number of phenols is 1. The summed E-state index contributed by atoms with van der Waals surface area (Å²) in [4.78, 5) is 79.2. The summed E-state index contributed by atoms with van der Waals surface area (Å²) in [6, 6.07) is 35.6. The van der Waals surface area contributed by atoms with Crippen molar-refractivity contribution in [1.82, 2.24) is 0 Å². The van der Waals surface area contributed by atoms with Crippen LogP contribution in [0.4, 0.5) is 45.5 Å². The van der Waals surface area contributed by atoms with Crippen LogP contribution < -0.4 is 56.6 Å². The fraction of sp³-hybridized carbons (Fsp3) is 0.333. The molecule has 101 heavy (non-hydrogen) atoms. The molecular weight excluding hydrogens is 1360 g/mol. The van der Waals surface area contributed by atoms with Crippen LogP contribution in [0.3, 0.4) is 0 Å². The van der Waals surface area contributed by atoms with Crippen molar-refractivity contribution in [3.63, 3.8) is 0 Å². The number of nitrogens with zero attached hydrogens (tertiary/aromatic N) is 3. The number of carbonyl (C=O) groups excluding carboxylic acids is 6. The smallest absolute Gasteiger partial charge is 0.217 e. The van der Waals surface area contributed by atoms with Gasteiger partial charge in [-0.25, -0.2) is 16.8 Å². The molecule has 29 heteroatoms. The predicted octanol–water partition coefficient (Wildman–Crippen LogP) is 4.92. The number of nitrogens with one attached hydrogen (secondary N) is 4. The van der Waals surface area contributed by atoms with E-state index in [2.05, 4.69) is 110 Å². The highest BCUT2D eigenvalue weighted by atomic mass is 35.5. The summed E-state index contributed by atoms with van der Waals surface area (Å²) in [6.07, 6.45) is 2.77. The van der Waals surface area contributed by atoms with Gasteiger partial charge in [0.2, 0.25) is 20.8 Å². The molecule has 3 aliphatic carbocycles. The zero-order valence-corrected chi connectivity index (χ0v) is 61.3. The standard InChI is InChI=1S/C26H28N4O2.C23H29N3O3.C21H26N4O2.2CH4O4S.ClH/c1-30(2,16-17-8-4-3-5-9-17)15-7-14-29-21-13-12-20(28)23-24(21)26(32)22-18(25(23)31)10-6-11-19(22)27;1-14(2)25-17-11-10-16(24-12-7-13-26(3,4)5)20-21(17)22(28)15-8-6-9-18(27)19(15)23(20)29;1-4-25(2,3)12-6-11-24-16-10-9-15(23)18-19(16)21(27)17-13(20(18)26)7-5-8-14(17)22;2*1-5-6(2,3)4;/h3-6,8-13H,7,14-16H2,1-2H3,(H4-,27,28,29,31,32);6,8-11,14H,7,12-13H2,1-5H3,(H2-,24,25,27,28,29);5,7-10H,4,6,11-12H2,1-3H3,(H4-,22,23,24,26,27);2*1H3,(H,2,3,4);1H. The van der Waals surface area contributed by atoms with Gasteiger partial charge in [-0.3, -0.25) is 37.1 Å². The second kappa shape index (κ2) is 34.8. The molecule has 0 saturated carbocycles. The van der Waals surface area contributed by atoms with Crippen molar-refractivity contribution in [3.05, 3.63) is 194 Å². The van der Waals surface area contributed by atoms with Crippen LogP contribution in [0.1, 0.15) is 141 Å². The molecule has 0 fully saturated rings. The lowest BCUT2D eigenvalue weighted by molar-refractivity contribution is -0.903. The first-order valence-corrected chi connectivity index (χ1v) is 34.8. The second-order valence-electron chi connectivity index (χ2n) is 26.6. The number of anilines is 8. The highest BCUT2D eigenvalue weighted by Gasteiger charge is 2.38. The minimum Gasteiger partial charge on any atom is -1.00 e. The number of fused-ring (bicyclic) bond motifs is 6. The van der Waals surface area contributed by atoms with Crippen molar-refractivity contribution < 1.29 is 94.0 Å². The summed E-state index contributed by atoms with van der Waals surface area (Å²) >= 11 is 0. The highest BCUT2D eigenvalue weighted by Crippen LogP contribution is 2.42. The highest BCUT2D eigenvalue weighted by molar-refractivity contribution is 7.81. The van der Waals surface area contributed by atoms with E-state index in [1.807, 2.05) is 32.0 Å². The molecule has 0 unspecified atom stereocenters. The normalized spacial score (nSPS) is 12.9. The quantitative estimate of drug-likeness (QED) is 0.0143. The molecule has 3 aliphatic rings. The molecule has 0 radical (unpaired) electrons. The molecular formula is C72H92ClN11O15S2. The second-order valence-corrected chi connectivity index (χ2v) is 28.9. The predicted molar refractivity (Wildman–Crippen MR) is 388 cm³/mol. The molecule has 0 aromatic heterocycles. The van der Waals surface area contributed by atoms with E-state index in [1.165, 1.54) is 11.6 Å². The molecule has 0 heterocycles. The van der Waals surface area contributed by atoms with Crippen molar-refractivity contribution in [3.8, 4) is 5.75 Å². The van der Waals surface area contributed by atoms with Crippen LogP contribution in [0.15, 0.2) is 121 Å². The number of rotatable bonds is 22. The Bertz CT molecular complexity index is 4420. The average Bonchev–Trinajstić information content (AvgIpc) is 0.755. The fourth-order valence-corrected chi connectivity index (χ4v) is 11.5. The minimum absolute atomic E-state index is 0. The maximum atomic E-state index is 13.3. The molecule has 0 saturated heterocycles. The Kier molecular flexibility index (Phi) is 28.4. The van der Waals surface area contributed by atoms with E-state index < -0.39 is 20.8 Å². The molecule has 7 aromatic carbocycles. The Morgan fingerprint density at radius 1 is 0.436 bits per heavy atom. The number of ketones is 6. The summed E-state index contributed by atoms with van der Waals surface area (Å²) in [7, 11) is 7.99. The summed E-state index contributed by atoms with van der Waals surface area (Å²) in [5, 5.41) is 23.6. The third kappa shape index (κ3) is 21.6. The Balaban J connectivity index is 0.000000251. The topological polar surface area (TPSA) is 408 Å². The van der Waals surface area contributed by atoms with Crippen molar-refractivity contribution in [2.24, 2.45) is 0 Å². The molecule has 13 N–H and O–H groups in total. The molecule has 0 bridgehead atoms. The summed E-state index contributed by atoms with van der Waals surface area (Å²) in [5.41, 5.74) is 32.6. The number of benzene rings is 7. The lowest BCUT2D eigenvalue weighted by Gasteiger charge is -2.30. The van der Waals surface area contributed by atoms with E-state index in [-0.39, 0.29) is 92.3 Å². The molecule has 10 rings (SSSR count). The molecule has 26 nitrogen and oxygen atoms in total. The number of nitrogen functional groups attached to an aromatic ring is 4.